The second kappa shape index (κ2) is 7.08. The number of rotatable bonds is 4. The van der Waals surface area contributed by atoms with Gasteiger partial charge in [0.2, 0.25) is 0 Å². The van der Waals surface area contributed by atoms with Gasteiger partial charge in [0.05, 0.1) is 19.8 Å². The molecule has 0 bridgehead atoms. The molecule has 0 radical (unpaired) electrons. The Hall–Kier alpha value is -2.01. The normalized spacial score (nSPS) is 13.1. The van der Waals surface area contributed by atoms with E-state index in [9.17, 15) is 4.79 Å². The SMILES string of the molecule is COc1cc(OC)c(C(C)C)cc1C(=O)N1Cc2ccc(Br)cc2C1. The molecular weight excluding hydrogens is 382 g/mol. The number of nitrogens with zero attached hydrogens (tertiary/aromatic N) is 1. The van der Waals surface area contributed by atoms with Crippen LogP contribution in [0.25, 0.3) is 0 Å². The second-order valence-electron chi connectivity index (χ2n) is 6.52. The maximum absolute atomic E-state index is 13.1. The highest BCUT2D eigenvalue weighted by Gasteiger charge is 2.27. The fourth-order valence-corrected chi connectivity index (χ4v) is 3.63. The molecule has 0 spiro atoms. The third kappa shape index (κ3) is 3.38. The first-order chi connectivity index (χ1) is 11.9. The summed E-state index contributed by atoms with van der Waals surface area (Å²) in [5, 5.41) is 0. The molecule has 0 aromatic heterocycles. The van der Waals surface area contributed by atoms with Gasteiger partial charge in [-0.2, -0.15) is 0 Å². The number of hydrogen-bond acceptors (Lipinski definition) is 3. The van der Waals surface area contributed by atoms with Crippen LogP contribution in [0.1, 0.15) is 46.8 Å². The third-order valence-electron chi connectivity index (χ3n) is 4.58. The summed E-state index contributed by atoms with van der Waals surface area (Å²) in [6.45, 7) is 5.40. The van der Waals surface area contributed by atoms with Crippen LogP contribution in [0, 0.1) is 0 Å². The van der Waals surface area contributed by atoms with Crippen molar-refractivity contribution in [2.24, 2.45) is 0 Å². The summed E-state index contributed by atoms with van der Waals surface area (Å²) in [4.78, 5) is 15.0. The van der Waals surface area contributed by atoms with E-state index in [-0.39, 0.29) is 11.8 Å². The molecule has 3 rings (SSSR count). The molecule has 0 saturated carbocycles. The van der Waals surface area contributed by atoms with Crippen LogP contribution in [0.4, 0.5) is 0 Å². The van der Waals surface area contributed by atoms with Crippen molar-refractivity contribution < 1.29 is 14.3 Å². The van der Waals surface area contributed by atoms with Crippen LogP contribution in [0.15, 0.2) is 34.8 Å². The average molecular weight is 404 g/mol. The molecule has 5 heteroatoms. The number of methoxy groups -OCH3 is 2. The van der Waals surface area contributed by atoms with Gasteiger partial charge in [-0.25, -0.2) is 0 Å². The van der Waals surface area contributed by atoms with Crippen LogP contribution in [-0.2, 0) is 13.1 Å². The van der Waals surface area contributed by atoms with Gasteiger partial charge in [0, 0.05) is 23.6 Å². The van der Waals surface area contributed by atoms with E-state index in [4.69, 9.17) is 9.47 Å². The van der Waals surface area contributed by atoms with Gasteiger partial charge in [0.1, 0.15) is 11.5 Å². The molecule has 4 nitrogen and oxygen atoms in total. The van der Waals surface area contributed by atoms with Gasteiger partial charge in [-0.1, -0.05) is 35.8 Å². The molecule has 0 fully saturated rings. The summed E-state index contributed by atoms with van der Waals surface area (Å²) in [6, 6.07) is 9.87. The van der Waals surface area contributed by atoms with Crippen LogP contribution < -0.4 is 9.47 Å². The molecule has 0 N–H and O–H groups in total. The minimum absolute atomic E-state index is 0.0197. The number of fused-ring (bicyclic) bond motifs is 1. The number of halogens is 1. The molecule has 0 atom stereocenters. The molecule has 0 aliphatic carbocycles. The topological polar surface area (TPSA) is 38.8 Å². The van der Waals surface area contributed by atoms with Crippen LogP contribution >= 0.6 is 15.9 Å². The molecule has 2 aromatic rings. The van der Waals surface area contributed by atoms with E-state index in [2.05, 4.69) is 41.9 Å². The van der Waals surface area contributed by atoms with Gasteiger partial charge in [0.25, 0.3) is 5.91 Å². The van der Waals surface area contributed by atoms with E-state index in [1.54, 1.807) is 14.2 Å². The van der Waals surface area contributed by atoms with Crippen molar-refractivity contribution in [2.45, 2.75) is 32.9 Å². The lowest BCUT2D eigenvalue weighted by Gasteiger charge is -2.20. The van der Waals surface area contributed by atoms with E-state index in [1.807, 2.05) is 23.1 Å². The van der Waals surface area contributed by atoms with Crippen molar-refractivity contribution in [1.82, 2.24) is 4.90 Å². The second-order valence-corrected chi connectivity index (χ2v) is 7.44. The Labute approximate surface area is 156 Å². The number of carbonyl (C=O) groups is 1. The zero-order valence-corrected chi connectivity index (χ0v) is 16.5. The lowest BCUT2D eigenvalue weighted by molar-refractivity contribution is 0.0747. The van der Waals surface area contributed by atoms with E-state index in [1.165, 1.54) is 11.1 Å². The molecule has 25 heavy (non-hydrogen) atoms. The van der Waals surface area contributed by atoms with Crippen molar-refractivity contribution >= 4 is 21.8 Å². The van der Waals surface area contributed by atoms with Crippen molar-refractivity contribution in [2.75, 3.05) is 14.2 Å². The quantitative estimate of drug-likeness (QED) is 0.739. The molecule has 0 saturated heterocycles. The third-order valence-corrected chi connectivity index (χ3v) is 5.08. The monoisotopic (exact) mass is 403 g/mol. The van der Waals surface area contributed by atoms with Crippen molar-refractivity contribution in [1.29, 1.82) is 0 Å². The van der Waals surface area contributed by atoms with Gasteiger partial charge >= 0.3 is 0 Å². The maximum atomic E-state index is 13.1. The smallest absolute Gasteiger partial charge is 0.258 e. The largest absolute Gasteiger partial charge is 0.496 e. The number of amides is 1. The highest BCUT2D eigenvalue weighted by molar-refractivity contribution is 9.10. The molecule has 1 aliphatic rings. The van der Waals surface area contributed by atoms with Crippen molar-refractivity contribution in [3.63, 3.8) is 0 Å². The average Bonchev–Trinajstić information content (AvgIpc) is 3.02. The Morgan fingerprint density at radius 3 is 2.36 bits per heavy atom. The Morgan fingerprint density at radius 1 is 1.04 bits per heavy atom. The summed E-state index contributed by atoms with van der Waals surface area (Å²) in [6.07, 6.45) is 0. The fraction of sp³-hybridized carbons (Fsp3) is 0.350. The lowest BCUT2D eigenvalue weighted by Crippen LogP contribution is -2.26. The van der Waals surface area contributed by atoms with Gasteiger partial charge in [0.15, 0.2) is 0 Å². The van der Waals surface area contributed by atoms with Crippen LogP contribution in [0.5, 0.6) is 11.5 Å². The minimum atomic E-state index is -0.0197. The number of carbonyl (C=O) groups excluding carboxylic acids is 1. The van der Waals surface area contributed by atoms with Crippen LogP contribution in [0.2, 0.25) is 0 Å². The van der Waals surface area contributed by atoms with Crippen molar-refractivity contribution in [3.05, 3.63) is 57.1 Å². The first-order valence-electron chi connectivity index (χ1n) is 8.27. The Morgan fingerprint density at radius 2 is 1.72 bits per heavy atom. The number of benzene rings is 2. The van der Waals surface area contributed by atoms with E-state index in [0.717, 1.165) is 15.8 Å². The van der Waals surface area contributed by atoms with E-state index >= 15 is 0 Å². The highest BCUT2D eigenvalue weighted by atomic mass is 79.9. The highest BCUT2D eigenvalue weighted by Crippen LogP contribution is 2.35. The van der Waals surface area contributed by atoms with Gasteiger partial charge in [-0.05, 0) is 40.8 Å². The van der Waals surface area contributed by atoms with Gasteiger partial charge < -0.3 is 14.4 Å². The first-order valence-corrected chi connectivity index (χ1v) is 9.06. The summed E-state index contributed by atoms with van der Waals surface area (Å²) in [5.74, 6) is 1.52. The summed E-state index contributed by atoms with van der Waals surface area (Å²) in [7, 11) is 3.22. The summed E-state index contributed by atoms with van der Waals surface area (Å²) >= 11 is 3.49. The van der Waals surface area contributed by atoms with Gasteiger partial charge in [-0.3, -0.25) is 4.79 Å². The van der Waals surface area contributed by atoms with E-state index in [0.29, 0.717) is 24.4 Å². The number of hydrogen-bond donors (Lipinski definition) is 0. The molecule has 1 aliphatic heterocycles. The lowest BCUT2D eigenvalue weighted by atomic mass is 9.98. The summed E-state index contributed by atoms with van der Waals surface area (Å²) in [5.41, 5.74) is 3.96. The van der Waals surface area contributed by atoms with Crippen LogP contribution in [-0.4, -0.2) is 25.0 Å². The molecule has 1 amide bonds. The summed E-state index contributed by atoms with van der Waals surface area (Å²) < 4.78 is 12.0. The van der Waals surface area contributed by atoms with Crippen LogP contribution in [0.3, 0.4) is 0 Å². The Balaban J connectivity index is 1.96. The zero-order valence-electron chi connectivity index (χ0n) is 14.9. The predicted molar refractivity (Wildman–Crippen MR) is 101 cm³/mol. The minimum Gasteiger partial charge on any atom is -0.496 e. The zero-order chi connectivity index (χ0) is 18.1. The fourth-order valence-electron chi connectivity index (χ4n) is 3.22. The van der Waals surface area contributed by atoms with Crippen molar-refractivity contribution in [3.8, 4) is 11.5 Å². The van der Waals surface area contributed by atoms with E-state index < -0.39 is 0 Å². The molecular formula is C20H22BrNO3. The molecule has 1 heterocycles. The standard InChI is InChI=1S/C20H22BrNO3/c1-12(2)16-8-17(19(25-4)9-18(16)24-3)20(23)22-10-13-5-6-15(21)7-14(13)11-22/h5-9,12H,10-11H2,1-4H3. The van der Waals surface area contributed by atoms with Gasteiger partial charge in [-0.15, -0.1) is 0 Å². The molecule has 2 aromatic carbocycles. The first kappa shape index (κ1) is 17.8. The molecule has 0 unspecified atom stereocenters. The Bertz CT molecular complexity index is 817. The molecule has 132 valence electrons. The Kier molecular flexibility index (Phi) is 5.04. The number of ether oxygens (including phenoxy) is 2. The predicted octanol–water partition coefficient (Wildman–Crippen LogP) is 4.75. The maximum Gasteiger partial charge on any atom is 0.258 e.